The summed E-state index contributed by atoms with van der Waals surface area (Å²) in [4.78, 5) is 0. The van der Waals surface area contributed by atoms with Crippen molar-refractivity contribution < 1.29 is 0 Å². The fourth-order valence-corrected chi connectivity index (χ4v) is 3.09. The van der Waals surface area contributed by atoms with Crippen molar-refractivity contribution in [1.82, 2.24) is 0 Å². The second-order valence-corrected chi connectivity index (χ2v) is 4.89. The van der Waals surface area contributed by atoms with E-state index in [4.69, 9.17) is 0 Å². The van der Waals surface area contributed by atoms with Gasteiger partial charge in [0.2, 0.25) is 15.2 Å². The Bertz CT molecular complexity index is 37.8. The molecule has 0 bridgehead atoms. The largest absolute Gasteiger partial charge is 0.236 e. The van der Waals surface area contributed by atoms with Crippen molar-refractivity contribution >= 4 is 15.2 Å². The second kappa shape index (κ2) is 8.53. The van der Waals surface area contributed by atoms with E-state index in [1.54, 1.807) is 10.6 Å². The lowest BCUT2D eigenvalue weighted by atomic mass is 10.4. The van der Waals surface area contributed by atoms with Gasteiger partial charge < -0.3 is 0 Å². The lowest BCUT2D eigenvalue weighted by Gasteiger charge is -1.92. The summed E-state index contributed by atoms with van der Waals surface area (Å²) in [6, 6.07) is 0. The fraction of sp³-hybridized carbons (Fsp3) is 1.00. The first-order chi connectivity index (χ1) is 4.41. The molecular formula is C8H19Al. The van der Waals surface area contributed by atoms with Crippen LogP contribution in [0.2, 0.25) is 10.6 Å². The molecule has 0 aliphatic rings. The third-order valence-corrected chi connectivity index (χ3v) is 3.71. The van der Waals surface area contributed by atoms with Crippen molar-refractivity contribution in [3.63, 3.8) is 0 Å². The molecule has 0 spiro atoms. The van der Waals surface area contributed by atoms with Crippen molar-refractivity contribution in [3.8, 4) is 0 Å². The Hall–Kier alpha value is 0.532. The van der Waals surface area contributed by atoms with E-state index in [9.17, 15) is 0 Å². The molecule has 0 aromatic carbocycles. The molecule has 0 saturated heterocycles. The minimum absolute atomic E-state index is 0.389. The standard InChI is InChI=1S/2C4H9.Al.H/c2*1-3-4-2;;/h2*1,3-4H2,2H3;;. The molecule has 9 heavy (non-hydrogen) atoms. The number of hydrogen-bond donors (Lipinski definition) is 0. The van der Waals surface area contributed by atoms with E-state index in [1.807, 2.05) is 0 Å². The normalized spacial score (nSPS) is 9.56. The lowest BCUT2D eigenvalue weighted by molar-refractivity contribution is 0.851. The molecule has 0 unspecified atom stereocenters. The first kappa shape index (κ1) is 9.53. The van der Waals surface area contributed by atoms with Gasteiger partial charge in [-0.3, -0.25) is 0 Å². The molecule has 0 rings (SSSR count). The topological polar surface area (TPSA) is 0 Å². The Kier molecular flexibility index (Phi) is 9.04. The van der Waals surface area contributed by atoms with Crippen molar-refractivity contribution in [3.05, 3.63) is 0 Å². The number of hydrogen-bond acceptors (Lipinski definition) is 0. The molecule has 0 fully saturated rings. The van der Waals surface area contributed by atoms with Gasteiger partial charge in [-0.2, -0.15) is 0 Å². The summed E-state index contributed by atoms with van der Waals surface area (Å²) in [5.41, 5.74) is 0. The van der Waals surface area contributed by atoms with Gasteiger partial charge in [-0.15, -0.1) is 0 Å². The van der Waals surface area contributed by atoms with Gasteiger partial charge >= 0.3 is 0 Å². The third-order valence-electron chi connectivity index (χ3n) is 1.71. The van der Waals surface area contributed by atoms with Crippen molar-refractivity contribution in [1.29, 1.82) is 0 Å². The maximum absolute atomic E-state index is 2.29. The molecule has 0 N–H and O–H groups in total. The van der Waals surface area contributed by atoms with Crippen molar-refractivity contribution in [2.24, 2.45) is 0 Å². The fourth-order valence-electron chi connectivity index (χ4n) is 1.03. The predicted octanol–water partition coefficient (Wildman–Crippen LogP) is 2.86. The third kappa shape index (κ3) is 8.53. The maximum atomic E-state index is 2.29. The van der Waals surface area contributed by atoms with E-state index < -0.39 is 0 Å². The number of rotatable bonds is 6. The average molecular weight is 142 g/mol. The van der Waals surface area contributed by atoms with Crippen LogP contribution in [0.15, 0.2) is 0 Å². The van der Waals surface area contributed by atoms with Gasteiger partial charge in [0.15, 0.2) is 0 Å². The predicted molar refractivity (Wildman–Crippen MR) is 46.6 cm³/mol. The molecule has 0 aliphatic carbocycles. The zero-order chi connectivity index (χ0) is 6.95. The monoisotopic (exact) mass is 142 g/mol. The van der Waals surface area contributed by atoms with E-state index in [-0.39, 0.29) is 0 Å². The van der Waals surface area contributed by atoms with Crippen LogP contribution in [-0.4, -0.2) is 15.2 Å². The summed E-state index contributed by atoms with van der Waals surface area (Å²) in [5, 5.41) is 3.19. The smallest absolute Gasteiger partial charge is 0.0973 e. The Morgan fingerprint density at radius 3 is 1.67 bits per heavy atom. The van der Waals surface area contributed by atoms with Crippen LogP contribution in [0.3, 0.4) is 0 Å². The summed E-state index contributed by atoms with van der Waals surface area (Å²) in [5.74, 6) is 0. The summed E-state index contributed by atoms with van der Waals surface area (Å²) < 4.78 is 0. The first-order valence-corrected chi connectivity index (χ1v) is 6.41. The van der Waals surface area contributed by atoms with Crippen molar-refractivity contribution in [2.45, 2.75) is 50.1 Å². The second-order valence-electron chi connectivity index (χ2n) is 2.77. The highest BCUT2D eigenvalue weighted by Crippen LogP contribution is 1.99. The lowest BCUT2D eigenvalue weighted by Crippen LogP contribution is -1.87. The summed E-state index contributed by atoms with van der Waals surface area (Å²) in [7, 11) is 0. The molecule has 1 heteroatoms. The van der Waals surface area contributed by atoms with Gasteiger partial charge in [0.25, 0.3) is 0 Å². The van der Waals surface area contributed by atoms with Crippen molar-refractivity contribution in [2.75, 3.05) is 0 Å². The van der Waals surface area contributed by atoms with Crippen LogP contribution >= 0.6 is 0 Å². The first-order valence-electron chi connectivity index (χ1n) is 4.41. The molecule has 0 nitrogen and oxygen atoms in total. The number of unbranched alkanes of at least 4 members (excludes halogenated alkanes) is 2. The molecule has 0 aromatic rings. The van der Waals surface area contributed by atoms with Crippen LogP contribution in [-0.2, 0) is 0 Å². The van der Waals surface area contributed by atoms with Crippen LogP contribution in [0.25, 0.3) is 0 Å². The van der Waals surface area contributed by atoms with Gasteiger partial charge in [-0.1, -0.05) is 50.1 Å². The molecule has 0 atom stereocenters. The summed E-state index contributed by atoms with van der Waals surface area (Å²) >= 11 is 0.389. The Balaban J connectivity index is 2.60. The molecule has 0 heterocycles. The molecule has 0 amide bonds. The van der Waals surface area contributed by atoms with Crippen LogP contribution < -0.4 is 0 Å². The van der Waals surface area contributed by atoms with Crippen LogP contribution in [0.1, 0.15) is 39.5 Å². The Morgan fingerprint density at radius 2 is 1.33 bits per heavy atom. The van der Waals surface area contributed by atoms with Gasteiger partial charge in [0.05, 0.1) is 0 Å². The molecule has 54 valence electrons. The molecular weight excluding hydrogens is 123 g/mol. The van der Waals surface area contributed by atoms with E-state index in [0.29, 0.717) is 15.2 Å². The molecule has 0 aromatic heterocycles. The van der Waals surface area contributed by atoms with Gasteiger partial charge in [0.1, 0.15) is 0 Å². The van der Waals surface area contributed by atoms with Gasteiger partial charge in [0, 0.05) is 0 Å². The summed E-state index contributed by atoms with van der Waals surface area (Å²) in [6.07, 6.45) is 5.80. The van der Waals surface area contributed by atoms with Gasteiger partial charge in [-0.25, -0.2) is 0 Å². The quantitative estimate of drug-likeness (QED) is 0.395. The molecule has 0 aliphatic heterocycles. The highest BCUT2D eigenvalue weighted by molar-refractivity contribution is 6.35. The van der Waals surface area contributed by atoms with E-state index >= 15 is 0 Å². The highest BCUT2D eigenvalue weighted by Gasteiger charge is 1.90. The zero-order valence-electron chi connectivity index (χ0n) is 6.95. The SMILES string of the molecule is CCC[CH2][AlH][CH2]CCC. The zero-order valence-corrected chi connectivity index (χ0v) is 8.36. The maximum Gasteiger partial charge on any atom is 0.236 e. The molecule has 0 saturated carbocycles. The summed E-state index contributed by atoms with van der Waals surface area (Å²) in [6.45, 7) is 4.57. The van der Waals surface area contributed by atoms with Gasteiger partial charge in [-0.05, 0) is 0 Å². The minimum atomic E-state index is 0.389. The van der Waals surface area contributed by atoms with E-state index in [0.717, 1.165) is 0 Å². The van der Waals surface area contributed by atoms with Crippen LogP contribution in [0.4, 0.5) is 0 Å². The average Bonchev–Trinajstić information content (AvgIpc) is 1.89. The van der Waals surface area contributed by atoms with E-state index in [2.05, 4.69) is 13.8 Å². The molecule has 0 radical (unpaired) electrons. The van der Waals surface area contributed by atoms with E-state index in [1.165, 1.54) is 25.7 Å². The minimum Gasteiger partial charge on any atom is -0.0973 e. The highest BCUT2D eigenvalue weighted by atomic mass is 27.1. The van der Waals surface area contributed by atoms with Crippen LogP contribution in [0.5, 0.6) is 0 Å². The Labute approximate surface area is 65.7 Å². The Morgan fingerprint density at radius 1 is 0.889 bits per heavy atom. The van der Waals surface area contributed by atoms with Crippen LogP contribution in [0, 0.1) is 0 Å².